The molecule has 2 aromatic carbocycles. The number of aromatic nitrogens is 1. The average molecular weight is 280 g/mol. The summed E-state index contributed by atoms with van der Waals surface area (Å²) in [4.78, 5) is 16.2. The van der Waals surface area contributed by atoms with E-state index in [2.05, 4.69) is 10.3 Å². The van der Waals surface area contributed by atoms with E-state index >= 15 is 0 Å². The highest BCUT2D eigenvalue weighted by Crippen LogP contribution is 2.13. The van der Waals surface area contributed by atoms with Gasteiger partial charge >= 0.3 is 0 Å². The van der Waals surface area contributed by atoms with Crippen LogP contribution in [-0.2, 0) is 6.54 Å². The minimum atomic E-state index is -0.329. The van der Waals surface area contributed by atoms with Gasteiger partial charge in [0.2, 0.25) is 0 Å². The molecule has 0 atom stereocenters. The standard InChI is InChI=1S/C17H13FN2O/c18-15-8-4-3-7-14(15)11-20-17(21)16-9-12-5-1-2-6-13(12)10-19-16/h1-10H,11H2,(H,20,21). The van der Waals surface area contributed by atoms with Crippen molar-refractivity contribution in [1.29, 1.82) is 0 Å². The largest absolute Gasteiger partial charge is 0.347 e. The van der Waals surface area contributed by atoms with Crippen LogP contribution >= 0.6 is 0 Å². The first-order valence-electron chi connectivity index (χ1n) is 6.60. The SMILES string of the molecule is O=C(NCc1ccccc1F)c1cc2ccccc2cn1. The third kappa shape index (κ3) is 2.89. The van der Waals surface area contributed by atoms with Crippen molar-refractivity contribution in [2.45, 2.75) is 6.54 Å². The molecule has 1 N–H and O–H groups in total. The van der Waals surface area contributed by atoms with Crippen LogP contribution in [0.1, 0.15) is 16.1 Å². The fourth-order valence-corrected chi connectivity index (χ4v) is 2.12. The number of hydrogen-bond acceptors (Lipinski definition) is 2. The highest BCUT2D eigenvalue weighted by atomic mass is 19.1. The number of nitrogens with one attached hydrogen (secondary N) is 1. The van der Waals surface area contributed by atoms with Crippen molar-refractivity contribution < 1.29 is 9.18 Å². The lowest BCUT2D eigenvalue weighted by atomic mass is 10.1. The number of rotatable bonds is 3. The number of carbonyl (C=O) groups is 1. The van der Waals surface area contributed by atoms with E-state index in [9.17, 15) is 9.18 Å². The van der Waals surface area contributed by atoms with Crippen molar-refractivity contribution in [3.63, 3.8) is 0 Å². The Bertz CT molecular complexity index is 801. The summed E-state index contributed by atoms with van der Waals surface area (Å²) in [6.07, 6.45) is 1.66. The molecular weight excluding hydrogens is 267 g/mol. The molecule has 21 heavy (non-hydrogen) atoms. The lowest BCUT2D eigenvalue weighted by Gasteiger charge is -2.06. The Balaban J connectivity index is 1.76. The summed E-state index contributed by atoms with van der Waals surface area (Å²) in [7, 11) is 0. The second kappa shape index (κ2) is 5.71. The zero-order chi connectivity index (χ0) is 14.7. The van der Waals surface area contributed by atoms with E-state index in [1.165, 1.54) is 6.07 Å². The van der Waals surface area contributed by atoms with Crippen LogP contribution in [0.4, 0.5) is 4.39 Å². The van der Waals surface area contributed by atoms with Crippen molar-refractivity contribution in [3.05, 3.63) is 77.9 Å². The summed E-state index contributed by atoms with van der Waals surface area (Å²) in [5, 5.41) is 4.60. The quantitative estimate of drug-likeness (QED) is 0.799. The molecule has 0 bridgehead atoms. The Labute approximate surface area is 121 Å². The van der Waals surface area contributed by atoms with Gasteiger partial charge in [0.1, 0.15) is 11.5 Å². The van der Waals surface area contributed by atoms with Gasteiger partial charge in [-0.2, -0.15) is 0 Å². The molecule has 0 aliphatic carbocycles. The van der Waals surface area contributed by atoms with E-state index in [4.69, 9.17) is 0 Å². The third-order valence-electron chi connectivity index (χ3n) is 3.26. The number of pyridine rings is 1. The predicted octanol–water partition coefficient (Wildman–Crippen LogP) is 3.30. The van der Waals surface area contributed by atoms with E-state index in [1.807, 2.05) is 24.3 Å². The average Bonchev–Trinajstić information content (AvgIpc) is 2.53. The van der Waals surface area contributed by atoms with Crippen LogP contribution in [0.2, 0.25) is 0 Å². The molecular formula is C17H13FN2O. The molecule has 0 aliphatic rings. The van der Waals surface area contributed by atoms with Crippen LogP contribution in [0.15, 0.2) is 60.8 Å². The molecule has 0 saturated carbocycles. The Hall–Kier alpha value is -2.75. The monoisotopic (exact) mass is 280 g/mol. The maximum Gasteiger partial charge on any atom is 0.270 e. The van der Waals surface area contributed by atoms with Crippen LogP contribution < -0.4 is 5.32 Å². The third-order valence-corrected chi connectivity index (χ3v) is 3.26. The van der Waals surface area contributed by atoms with Gasteiger partial charge in [-0.15, -0.1) is 0 Å². The van der Waals surface area contributed by atoms with Gasteiger partial charge in [0.05, 0.1) is 0 Å². The van der Waals surface area contributed by atoms with Crippen LogP contribution in [-0.4, -0.2) is 10.9 Å². The van der Waals surface area contributed by atoms with E-state index in [0.29, 0.717) is 11.3 Å². The Morgan fingerprint density at radius 2 is 1.76 bits per heavy atom. The van der Waals surface area contributed by atoms with Crippen molar-refractivity contribution >= 4 is 16.7 Å². The molecule has 3 nitrogen and oxygen atoms in total. The van der Waals surface area contributed by atoms with Crippen molar-refractivity contribution in [2.24, 2.45) is 0 Å². The highest BCUT2D eigenvalue weighted by molar-refractivity contribution is 5.96. The molecule has 0 unspecified atom stereocenters. The summed E-state index contributed by atoms with van der Waals surface area (Å²) in [5.74, 6) is -0.645. The van der Waals surface area contributed by atoms with Crippen LogP contribution in [0.25, 0.3) is 10.8 Å². The van der Waals surface area contributed by atoms with E-state index in [0.717, 1.165) is 10.8 Å². The predicted molar refractivity (Wildman–Crippen MR) is 79.3 cm³/mol. The smallest absolute Gasteiger partial charge is 0.270 e. The summed E-state index contributed by atoms with van der Waals surface area (Å²) in [6.45, 7) is 0.139. The van der Waals surface area contributed by atoms with E-state index < -0.39 is 0 Å². The van der Waals surface area contributed by atoms with Crippen LogP contribution in [0.3, 0.4) is 0 Å². The fourth-order valence-electron chi connectivity index (χ4n) is 2.12. The molecule has 0 radical (unpaired) electrons. The van der Waals surface area contributed by atoms with Gasteiger partial charge in [-0.05, 0) is 17.5 Å². The molecule has 1 amide bonds. The molecule has 0 fully saturated rings. The van der Waals surface area contributed by atoms with Crippen LogP contribution in [0, 0.1) is 5.82 Å². The molecule has 0 saturated heterocycles. The summed E-state index contributed by atoms with van der Waals surface area (Å²) in [5.41, 5.74) is 0.775. The summed E-state index contributed by atoms with van der Waals surface area (Å²) < 4.78 is 13.5. The molecule has 104 valence electrons. The second-order valence-corrected chi connectivity index (χ2v) is 4.69. The van der Waals surface area contributed by atoms with Gasteiger partial charge in [0.25, 0.3) is 5.91 Å². The molecule has 0 spiro atoms. The second-order valence-electron chi connectivity index (χ2n) is 4.69. The normalized spacial score (nSPS) is 10.5. The first kappa shape index (κ1) is 13.2. The summed E-state index contributed by atoms with van der Waals surface area (Å²) >= 11 is 0. The highest BCUT2D eigenvalue weighted by Gasteiger charge is 2.09. The van der Waals surface area contributed by atoms with E-state index in [-0.39, 0.29) is 18.3 Å². The molecule has 1 aromatic heterocycles. The molecule has 1 heterocycles. The number of nitrogens with zero attached hydrogens (tertiary/aromatic N) is 1. The van der Waals surface area contributed by atoms with Gasteiger partial charge < -0.3 is 5.32 Å². The van der Waals surface area contributed by atoms with Crippen molar-refractivity contribution in [2.75, 3.05) is 0 Å². The van der Waals surface area contributed by atoms with Gasteiger partial charge in [-0.25, -0.2) is 4.39 Å². The minimum absolute atomic E-state index is 0.139. The zero-order valence-corrected chi connectivity index (χ0v) is 11.2. The van der Waals surface area contributed by atoms with E-state index in [1.54, 1.807) is 30.5 Å². The Kier molecular flexibility index (Phi) is 3.60. The Morgan fingerprint density at radius 3 is 2.57 bits per heavy atom. The lowest BCUT2D eigenvalue weighted by molar-refractivity contribution is 0.0946. The molecule has 4 heteroatoms. The number of benzene rings is 2. The number of hydrogen-bond donors (Lipinski definition) is 1. The molecule has 3 rings (SSSR count). The zero-order valence-electron chi connectivity index (χ0n) is 11.2. The summed E-state index contributed by atoms with van der Waals surface area (Å²) in [6, 6.07) is 15.8. The number of amides is 1. The maximum absolute atomic E-state index is 13.5. The fraction of sp³-hybridized carbons (Fsp3) is 0.0588. The maximum atomic E-state index is 13.5. The number of carbonyl (C=O) groups excluding carboxylic acids is 1. The molecule has 3 aromatic rings. The van der Waals surface area contributed by atoms with Gasteiger partial charge in [0.15, 0.2) is 0 Å². The van der Waals surface area contributed by atoms with Crippen LogP contribution in [0.5, 0.6) is 0 Å². The first-order valence-corrected chi connectivity index (χ1v) is 6.60. The van der Waals surface area contributed by atoms with Gasteiger partial charge in [-0.3, -0.25) is 9.78 Å². The lowest BCUT2D eigenvalue weighted by Crippen LogP contribution is -2.24. The van der Waals surface area contributed by atoms with Crippen molar-refractivity contribution in [1.82, 2.24) is 10.3 Å². The minimum Gasteiger partial charge on any atom is -0.347 e. The number of fused-ring (bicyclic) bond motifs is 1. The van der Waals surface area contributed by atoms with Crippen molar-refractivity contribution in [3.8, 4) is 0 Å². The topological polar surface area (TPSA) is 42.0 Å². The first-order chi connectivity index (χ1) is 10.2. The Morgan fingerprint density at radius 1 is 1.05 bits per heavy atom. The number of halogens is 1. The van der Waals surface area contributed by atoms with Gasteiger partial charge in [-0.1, -0.05) is 42.5 Å². The van der Waals surface area contributed by atoms with Gasteiger partial charge in [0, 0.05) is 23.7 Å². The molecule has 0 aliphatic heterocycles.